The Morgan fingerprint density at radius 2 is 1.89 bits per heavy atom. The first kappa shape index (κ1) is 25.9. The SMILES string of the molecule is C=C/C(OC)=C(Br)\C(CC(C)C)=C(/C)CC.CCc1ccc(OC)cc1S. The molecule has 0 unspecified atom stereocenters. The van der Waals surface area contributed by atoms with Crippen molar-refractivity contribution >= 4 is 28.6 Å². The summed E-state index contributed by atoms with van der Waals surface area (Å²) in [5.74, 6) is 2.31. The average Bonchev–Trinajstić information content (AvgIpc) is 2.66. The van der Waals surface area contributed by atoms with Crippen molar-refractivity contribution in [2.24, 2.45) is 5.92 Å². The lowest BCUT2D eigenvalue weighted by molar-refractivity contribution is 0.305. The summed E-state index contributed by atoms with van der Waals surface area (Å²) in [5, 5.41) is 0. The molecule has 152 valence electrons. The molecule has 0 aliphatic carbocycles. The molecule has 4 heteroatoms. The van der Waals surface area contributed by atoms with E-state index in [0.29, 0.717) is 5.92 Å². The third kappa shape index (κ3) is 9.07. The molecule has 1 aromatic rings. The molecule has 0 saturated carbocycles. The van der Waals surface area contributed by atoms with E-state index >= 15 is 0 Å². The number of halogens is 1. The molecule has 0 heterocycles. The Morgan fingerprint density at radius 1 is 1.26 bits per heavy atom. The third-order valence-electron chi connectivity index (χ3n) is 4.22. The average molecular weight is 456 g/mol. The second-order valence-electron chi connectivity index (χ2n) is 6.65. The fourth-order valence-corrected chi connectivity index (χ4v) is 3.64. The van der Waals surface area contributed by atoms with Crippen molar-refractivity contribution in [1.82, 2.24) is 0 Å². The molecule has 0 amide bonds. The Balaban J connectivity index is 0.000000533. The topological polar surface area (TPSA) is 18.5 Å². The van der Waals surface area contributed by atoms with Gasteiger partial charge in [-0.05, 0) is 77.4 Å². The van der Waals surface area contributed by atoms with Gasteiger partial charge in [-0.25, -0.2) is 0 Å². The largest absolute Gasteiger partial charge is 0.497 e. The summed E-state index contributed by atoms with van der Waals surface area (Å²) in [7, 11) is 3.33. The number of rotatable bonds is 8. The summed E-state index contributed by atoms with van der Waals surface area (Å²) < 4.78 is 11.4. The first-order valence-electron chi connectivity index (χ1n) is 9.36. The zero-order valence-corrected chi connectivity index (χ0v) is 20.3. The predicted octanol–water partition coefficient (Wildman–Crippen LogP) is 7.74. The number of allylic oxidation sites excluding steroid dienone is 4. The van der Waals surface area contributed by atoms with Crippen molar-refractivity contribution in [3.8, 4) is 5.75 Å². The van der Waals surface area contributed by atoms with Gasteiger partial charge in [-0.15, -0.1) is 12.6 Å². The van der Waals surface area contributed by atoms with Crippen molar-refractivity contribution in [3.05, 3.63) is 57.8 Å². The van der Waals surface area contributed by atoms with E-state index in [9.17, 15) is 0 Å². The molecule has 0 N–H and O–H groups in total. The zero-order valence-electron chi connectivity index (χ0n) is 17.9. The Hall–Kier alpha value is -1.13. The summed E-state index contributed by atoms with van der Waals surface area (Å²) in [6.45, 7) is 14.7. The maximum atomic E-state index is 5.30. The number of hydrogen-bond donors (Lipinski definition) is 1. The molecule has 0 aliphatic rings. The molecule has 1 rings (SSSR count). The smallest absolute Gasteiger partial charge is 0.132 e. The molecule has 0 bridgehead atoms. The van der Waals surface area contributed by atoms with Crippen LogP contribution in [0.2, 0.25) is 0 Å². The van der Waals surface area contributed by atoms with E-state index < -0.39 is 0 Å². The fraction of sp³-hybridized carbons (Fsp3) is 0.478. The molecule has 0 radical (unpaired) electrons. The summed E-state index contributed by atoms with van der Waals surface area (Å²) in [6, 6.07) is 5.93. The predicted molar refractivity (Wildman–Crippen MR) is 125 cm³/mol. The zero-order chi connectivity index (χ0) is 21.0. The monoisotopic (exact) mass is 454 g/mol. The van der Waals surface area contributed by atoms with Gasteiger partial charge in [-0.1, -0.05) is 45.9 Å². The molecule has 0 aliphatic heterocycles. The first-order chi connectivity index (χ1) is 12.7. The van der Waals surface area contributed by atoms with Gasteiger partial charge < -0.3 is 9.47 Å². The van der Waals surface area contributed by atoms with Crippen LogP contribution >= 0.6 is 28.6 Å². The van der Waals surface area contributed by atoms with E-state index in [1.54, 1.807) is 20.3 Å². The highest BCUT2D eigenvalue weighted by molar-refractivity contribution is 9.12. The lowest BCUT2D eigenvalue weighted by Crippen LogP contribution is -1.98. The van der Waals surface area contributed by atoms with Gasteiger partial charge in [-0.3, -0.25) is 0 Å². The maximum Gasteiger partial charge on any atom is 0.132 e. The van der Waals surface area contributed by atoms with Crippen LogP contribution in [0.15, 0.2) is 57.1 Å². The molecule has 1 aromatic carbocycles. The quantitative estimate of drug-likeness (QED) is 0.245. The van der Waals surface area contributed by atoms with Crippen LogP contribution < -0.4 is 4.74 Å². The Bertz CT molecular complexity index is 660. The van der Waals surface area contributed by atoms with Crippen LogP contribution in [-0.2, 0) is 11.2 Å². The molecule has 0 aromatic heterocycles. The highest BCUT2D eigenvalue weighted by atomic mass is 79.9. The van der Waals surface area contributed by atoms with Crippen LogP contribution in [0.3, 0.4) is 0 Å². The van der Waals surface area contributed by atoms with Crippen LogP contribution in [0, 0.1) is 5.92 Å². The number of hydrogen-bond acceptors (Lipinski definition) is 3. The van der Waals surface area contributed by atoms with E-state index in [1.165, 1.54) is 16.7 Å². The lowest BCUT2D eigenvalue weighted by atomic mass is 9.96. The summed E-state index contributed by atoms with van der Waals surface area (Å²) in [4.78, 5) is 1.01. The van der Waals surface area contributed by atoms with Gasteiger partial charge >= 0.3 is 0 Å². The van der Waals surface area contributed by atoms with Crippen molar-refractivity contribution < 1.29 is 9.47 Å². The minimum atomic E-state index is 0.631. The van der Waals surface area contributed by atoms with E-state index in [-0.39, 0.29) is 0 Å². The highest BCUT2D eigenvalue weighted by Crippen LogP contribution is 2.31. The van der Waals surface area contributed by atoms with Gasteiger partial charge in [0.2, 0.25) is 0 Å². The van der Waals surface area contributed by atoms with Crippen molar-refractivity contribution in [2.75, 3.05) is 14.2 Å². The van der Waals surface area contributed by atoms with Gasteiger partial charge in [0.15, 0.2) is 0 Å². The Labute approximate surface area is 180 Å². The van der Waals surface area contributed by atoms with E-state index in [0.717, 1.165) is 40.1 Å². The van der Waals surface area contributed by atoms with Crippen LogP contribution in [0.1, 0.15) is 53.0 Å². The molecule has 0 saturated heterocycles. The molecule has 0 atom stereocenters. The number of methoxy groups -OCH3 is 2. The molecule has 0 fully saturated rings. The minimum absolute atomic E-state index is 0.631. The van der Waals surface area contributed by atoms with Crippen molar-refractivity contribution in [2.45, 2.75) is 58.8 Å². The highest BCUT2D eigenvalue weighted by Gasteiger charge is 2.12. The first-order valence-corrected chi connectivity index (χ1v) is 10.6. The van der Waals surface area contributed by atoms with Crippen LogP contribution in [0.4, 0.5) is 0 Å². The summed E-state index contributed by atoms with van der Waals surface area (Å²) in [5.41, 5.74) is 4.00. The number of benzene rings is 1. The van der Waals surface area contributed by atoms with Gasteiger partial charge in [0, 0.05) is 4.90 Å². The Morgan fingerprint density at radius 3 is 2.26 bits per heavy atom. The number of thiol groups is 1. The van der Waals surface area contributed by atoms with E-state index in [1.807, 2.05) is 18.2 Å². The fourth-order valence-electron chi connectivity index (χ4n) is 2.45. The van der Waals surface area contributed by atoms with Gasteiger partial charge in [-0.2, -0.15) is 0 Å². The number of ether oxygens (including phenoxy) is 2. The second-order valence-corrected chi connectivity index (χ2v) is 7.92. The maximum absolute atomic E-state index is 5.30. The summed E-state index contributed by atoms with van der Waals surface area (Å²) >= 11 is 7.95. The van der Waals surface area contributed by atoms with Crippen molar-refractivity contribution in [1.29, 1.82) is 0 Å². The van der Waals surface area contributed by atoms with Crippen LogP contribution in [-0.4, -0.2) is 14.2 Å². The molecular weight excluding hydrogens is 420 g/mol. The normalized spacial score (nSPS) is 12.5. The molecule has 27 heavy (non-hydrogen) atoms. The van der Waals surface area contributed by atoms with Gasteiger partial charge in [0.1, 0.15) is 11.5 Å². The molecule has 0 spiro atoms. The minimum Gasteiger partial charge on any atom is -0.497 e. The second kappa shape index (κ2) is 14.0. The molecule has 2 nitrogen and oxygen atoms in total. The molecular formula is C23H35BrO2S. The lowest BCUT2D eigenvalue weighted by Gasteiger charge is -2.15. The van der Waals surface area contributed by atoms with Gasteiger partial charge in [0.05, 0.1) is 18.7 Å². The van der Waals surface area contributed by atoms with Crippen LogP contribution in [0.5, 0.6) is 5.75 Å². The van der Waals surface area contributed by atoms with Gasteiger partial charge in [0.25, 0.3) is 0 Å². The standard InChI is InChI=1S/C14H23BrO.C9H12OS/c1-7-11(5)12(9-10(3)4)14(15)13(8-2)16-6;1-3-7-4-5-8(10-2)6-9(7)11/h8,10H,2,7,9H2,1,3-6H3;4-6,11H,3H2,1-2H3/b12-11+,14-13-;. The third-order valence-corrected chi connectivity index (χ3v) is 5.50. The van der Waals surface area contributed by atoms with Crippen LogP contribution in [0.25, 0.3) is 0 Å². The summed E-state index contributed by atoms with van der Waals surface area (Å²) in [6.07, 6.45) is 4.88. The number of aryl methyl sites for hydroxylation is 1. The van der Waals surface area contributed by atoms with Crippen molar-refractivity contribution in [3.63, 3.8) is 0 Å². The van der Waals surface area contributed by atoms with E-state index in [4.69, 9.17) is 9.47 Å². The van der Waals surface area contributed by atoms with E-state index in [2.05, 4.69) is 69.8 Å². The Kier molecular flexibility index (Phi) is 13.4.